The molecule has 1 aliphatic carbocycles. The van der Waals surface area contributed by atoms with Gasteiger partial charge in [-0.05, 0) is 19.8 Å². The Morgan fingerprint density at radius 1 is 1.00 bits per heavy atom. The van der Waals surface area contributed by atoms with E-state index in [0.717, 1.165) is 58.1 Å². The molecule has 1 amide bonds. The van der Waals surface area contributed by atoms with Crippen LogP contribution in [-0.4, -0.2) is 116 Å². The van der Waals surface area contributed by atoms with Gasteiger partial charge in [0.1, 0.15) is 6.04 Å². The summed E-state index contributed by atoms with van der Waals surface area (Å²) in [7, 11) is 1.71. The quantitative estimate of drug-likeness (QED) is 0.310. The molecule has 2 aliphatic heterocycles. The standard InChI is InChI=1S/C21H37F3N6O.HI/c1-17(21(22,23)24)28-13-15-30(16-14-28)20(25-2)26-7-8-27-9-11-29(12-10-27)19(31)18-5-3-4-6-18;/h17-18H,3-16H2,1-2H3,(H,25,26);1H. The molecule has 1 N–H and O–H groups in total. The van der Waals surface area contributed by atoms with Crippen LogP contribution in [-0.2, 0) is 4.79 Å². The fourth-order valence-electron chi connectivity index (χ4n) is 4.81. The van der Waals surface area contributed by atoms with E-state index in [1.807, 2.05) is 9.80 Å². The van der Waals surface area contributed by atoms with Crippen LogP contribution >= 0.6 is 24.0 Å². The first-order valence-corrected chi connectivity index (χ1v) is 11.6. The summed E-state index contributed by atoms with van der Waals surface area (Å²) in [5.41, 5.74) is 0. The molecule has 11 heteroatoms. The predicted molar refractivity (Wildman–Crippen MR) is 130 cm³/mol. The third-order valence-corrected chi connectivity index (χ3v) is 6.95. The van der Waals surface area contributed by atoms with Gasteiger partial charge in [-0.1, -0.05) is 12.8 Å². The number of carbonyl (C=O) groups excluding carboxylic acids is 1. The molecule has 0 aromatic heterocycles. The lowest BCUT2D eigenvalue weighted by atomic mass is 10.1. The van der Waals surface area contributed by atoms with Gasteiger partial charge in [0.2, 0.25) is 5.91 Å². The van der Waals surface area contributed by atoms with Crippen molar-refractivity contribution < 1.29 is 18.0 Å². The van der Waals surface area contributed by atoms with Crippen molar-refractivity contribution in [1.29, 1.82) is 0 Å². The Morgan fingerprint density at radius 2 is 1.56 bits per heavy atom. The number of alkyl halides is 3. The van der Waals surface area contributed by atoms with Crippen LogP contribution in [0.25, 0.3) is 0 Å². The molecule has 0 bridgehead atoms. The number of hydrogen-bond donors (Lipinski definition) is 1. The van der Waals surface area contributed by atoms with Gasteiger partial charge in [-0.15, -0.1) is 24.0 Å². The first kappa shape index (κ1) is 27.4. The van der Waals surface area contributed by atoms with E-state index in [-0.39, 0.29) is 29.9 Å². The summed E-state index contributed by atoms with van der Waals surface area (Å²) in [6, 6.07) is -1.41. The first-order valence-electron chi connectivity index (χ1n) is 11.6. The Hall–Kier alpha value is -0.820. The second-order valence-electron chi connectivity index (χ2n) is 8.86. The molecule has 3 fully saturated rings. The van der Waals surface area contributed by atoms with Gasteiger partial charge in [-0.2, -0.15) is 13.2 Å². The number of nitrogens with one attached hydrogen (secondary N) is 1. The maximum atomic E-state index is 12.9. The molecule has 0 aromatic carbocycles. The molecular weight excluding hydrogens is 536 g/mol. The number of nitrogens with zero attached hydrogens (tertiary/aromatic N) is 5. The van der Waals surface area contributed by atoms with Crippen molar-refractivity contribution >= 4 is 35.8 Å². The van der Waals surface area contributed by atoms with E-state index in [9.17, 15) is 18.0 Å². The number of amides is 1. The van der Waals surface area contributed by atoms with E-state index >= 15 is 0 Å². The first-order chi connectivity index (χ1) is 14.8. The Labute approximate surface area is 206 Å². The van der Waals surface area contributed by atoms with Gasteiger partial charge in [-0.3, -0.25) is 19.6 Å². The van der Waals surface area contributed by atoms with Crippen LogP contribution in [0.5, 0.6) is 0 Å². The minimum atomic E-state index is -4.19. The fraction of sp³-hybridized carbons (Fsp3) is 0.905. The normalized spacial score (nSPS) is 23.2. The zero-order valence-electron chi connectivity index (χ0n) is 19.2. The minimum absolute atomic E-state index is 0. The van der Waals surface area contributed by atoms with Gasteiger partial charge in [0.15, 0.2) is 5.96 Å². The number of guanidine groups is 1. The largest absolute Gasteiger partial charge is 0.403 e. The number of hydrogen-bond acceptors (Lipinski definition) is 4. The van der Waals surface area contributed by atoms with Gasteiger partial charge >= 0.3 is 6.18 Å². The third kappa shape index (κ3) is 7.34. The van der Waals surface area contributed by atoms with E-state index in [2.05, 4.69) is 15.2 Å². The average Bonchev–Trinajstić information content (AvgIpc) is 3.31. The molecule has 2 heterocycles. The maximum absolute atomic E-state index is 12.9. The molecule has 1 saturated carbocycles. The van der Waals surface area contributed by atoms with Crippen molar-refractivity contribution in [1.82, 2.24) is 24.9 Å². The highest BCUT2D eigenvalue weighted by Crippen LogP contribution is 2.27. The summed E-state index contributed by atoms with van der Waals surface area (Å²) in [6.45, 7) is 7.97. The number of aliphatic imine (C=N–C) groups is 1. The maximum Gasteiger partial charge on any atom is 0.403 e. The van der Waals surface area contributed by atoms with Gasteiger partial charge in [0.05, 0.1) is 0 Å². The van der Waals surface area contributed by atoms with Crippen LogP contribution in [0.3, 0.4) is 0 Å². The van der Waals surface area contributed by atoms with Crippen molar-refractivity contribution in [3.63, 3.8) is 0 Å². The predicted octanol–water partition coefficient (Wildman–Crippen LogP) is 2.08. The number of rotatable bonds is 5. The van der Waals surface area contributed by atoms with Gasteiger partial charge < -0.3 is 15.1 Å². The lowest BCUT2D eigenvalue weighted by Gasteiger charge is -2.40. The van der Waals surface area contributed by atoms with Crippen LogP contribution in [0, 0.1) is 5.92 Å². The smallest absolute Gasteiger partial charge is 0.355 e. The molecule has 7 nitrogen and oxygen atoms in total. The Kier molecular flexibility index (Phi) is 10.8. The van der Waals surface area contributed by atoms with Crippen LogP contribution in [0.15, 0.2) is 4.99 Å². The topological polar surface area (TPSA) is 54.4 Å². The average molecular weight is 574 g/mol. The van der Waals surface area contributed by atoms with Crippen LogP contribution in [0.4, 0.5) is 13.2 Å². The summed E-state index contributed by atoms with van der Waals surface area (Å²) in [6.07, 6.45) is 0.268. The summed E-state index contributed by atoms with van der Waals surface area (Å²) < 4.78 is 38.8. The molecule has 0 aromatic rings. The summed E-state index contributed by atoms with van der Waals surface area (Å²) in [5.74, 6) is 1.33. The summed E-state index contributed by atoms with van der Waals surface area (Å²) in [5, 5.41) is 3.35. The van der Waals surface area contributed by atoms with Crippen LogP contribution in [0.2, 0.25) is 0 Å². The molecular formula is C21H38F3IN6O. The van der Waals surface area contributed by atoms with Gasteiger partial charge in [0, 0.05) is 78.4 Å². The van der Waals surface area contributed by atoms with Crippen molar-refractivity contribution in [2.24, 2.45) is 10.9 Å². The molecule has 3 aliphatic rings. The van der Waals surface area contributed by atoms with Crippen molar-refractivity contribution in [3.8, 4) is 0 Å². The molecule has 32 heavy (non-hydrogen) atoms. The number of carbonyl (C=O) groups is 1. The van der Waals surface area contributed by atoms with E-state index in [0.29, 0.717) is 32.1 Å². The molecule has 1 atom stereocenters. The molecule has 186 valence electrons. The Bertz CT molecular complexity index is 613. The molecule has 0 spiro atoms. The van der Waals surface area contributed by atoms with Crippen LogP contribution in [0.1, 0.15) is 32.6 Å². The highest BCUT2D eigenvalue weighted by molar-refractivity contribution is 14.0. The summed E-state index contributed by atoms with van der Waals surface area (Å²) >= 11 is 0. The van der Waals surface area contributed by atoms with E-state index in [1.54, 1.807) is 7.05 Å². The lowest BCUT2D eigenvalue weighted by Crippen LogP contribution is -2.57. The molecule has 0 radical (unpaired) electrons. The van der Waals surface area contributed by atoms with Crippen molar-refractivity contribution in [3.05, 3.63) is 0 Å². The number of halogens is 4. The minimum Gasteiger partial charge on any atom is -0.355 e. The lowest BCUT2D eigenvalue weighted by molar-refractivity contribution is -0.181. The highest BCUT2D eigenvalue weighted by Gasteiger charge is 2.41. The SMILES string of the molecule is CN=C(NCCN1CCN(C(=O)C2CCCC2)CC1)N1CCN(C(C)C(F)(F)F)CC1.I. The fourth-order valence-corrected chi connectivity index (χ4v) is 4.81. The Balaban J connectivity index is 0.00000363. The zero-order chi connectivity index (χ0) is 22.4. The molecule has 3 rings (SSSR count). The van der Waals surface area contributed by atoms with Crippen LogP contribution < -0.4 is 5.32 Å². The van der Waals surface area contributed by atoms with E-state index in [4.69, 9.17) is 0 Å². The van der Waals surface area contributed by atoms with E-state index < -0.39 is 12.2 Å². The molecule has 1 unspecified atom stereocenters. The second kappa shape index (κ2) is 12.6. The van der Waals surface area contributed by atoms with Gasteiger partial charge in [0.25, 0.3) is 0 Å². The number of piperazine rings is 2. The van der Waals surface area contributed by atoms with Crippen molar-refractivity contribution in [2.75, 3.05) is 72.5 Å². The monoisotopic (exact) mass is 574 g/mol. The third-order valence-electron chi connectivity index (χ3n) is 6.95. The summed E-state index contributed by atoms with van der Waals surface area (Å²) in [4.78, 5) is 24.7. The van der Waals surface area contributed by atoms with Gasteiger partial charge in [-0.25, -0.2) is 0 Å². The zero-order valence-corrected chi connectivity index (χ0v) is 21.6. The molecule has 2 saturated heterocycles. The van der Waals surface area contributed by atoms with Crippen molar-refractivity contribution in [2.45, 2.75) is 44.8 Å². The highest BCUT2D eigenvalue weighted by atomic mass is 127. The Morgan fingerprint density at radius 3 is 2.09 bits per heavy atom. The second-order valence-corrected chi connectivity index (χ2v) is 8.86. The van der Waals surface area contributed by atoms with E-state index in [1.165, 1.54) is 24.7 Å².